The van der Waals surface area contributed by atoms with Gasteiger partial charge in [0.25, 0.3) is 5.91 Å². The Morgan fingerprint density at radius 2 is 1.73 bits per heavy atom. The molecule has 7 N–H and O–H groups in total. The molecule has 2 aromatic carbocycles. The fourth-order valence-corrected chi connectivity index (χ4v) is 6.91. The van der Waals surface area contributed by atoms with E-state index in [0.717, 1.165) is 0 Å². The number of aliphatic hydroxyl groups excluding tert-OH is 2. The summed E-state index contributed by atoms with van der Waals surface area (Å²) in [4.78, 5) is 55.7. The first-order valence-electron chi connectivity index (χ1n) is 14.2. The molecule has 3 aliphatic carbocycles. The lowest BCUT2D eigenvalue weighted by Crippen LogP contribution is -2.63. The highest BCUT2D eigenvalue weighted by atomic mass is 16.3. The molecular formula is C32H36N4O8. The number of hydrogen-bond donors (Lipinski definition) is 6. The number of allylic oxidation sites excluding steroid dienone is 1. The zero-order valence-electron chi connectivity index (χ0n) is 24.9. The number of aliphatic hydroxyl groups is 3. The molecule has 5 rings (SSSR count). The molecule has 12 heteroatoms. The van der Waals surface area contributed by atoms with Crippen molar-refractivity contribution in [1.82, 2.24) is 4.90 Å². The SMILES string of the molecule is CN(C)c1cc(NCCC(=O)c2ccccc2)c(O)c2c1C[C@H]1C[C@@H]3[C@@H](N(C)C)C(O)=C(C(N)=O)C(=O)[C@]3(O)C(O)=C1C2=O. The number of hydrogen-bond acceptors (Lipinski definition) is 11. The number of primary amides is 1. The van der Waals surface area contributed by atoms with Gasteiger partial charge in [-0.3, -0.25) is 24.1 Å². The number of nitrogens with zero attached hydrogens (tertiary/aromatic N) is 2. The molecule has 44 heavy (non-hydrogen) atoms. The minimum absolute atomic E-state index is 0.000983. The van der Waals surface area contributed by atoms with E-state index in [4.69, 9.17) is 5.73 Å². The summed E-state index contributed by atoms with van der Waals surface area (Å²) in [6.07, 6.45) is 0.287. The van der Waals surface area contributed by atoms with E-state index in [-0.39, 0.29) is 48.4 Å². The number of Topliss-reactive ketones (excluding diaryl/α,β-unsaturated/α-hetero) is 3. The molecule has 4 atom stereocenters. The fraction of sp³-hybridized carbons (Fsp3) is 0.375. The lowest BCUT2D eigenvalue weighted by Gasteiger charge is -2.50. The first-order chi connectivity index (χ1) is 20.7. The van der Waals surface area contributed by atoms with Gasteiger partial charge in [0.1, 0.15) is 22.8 Å². The van der Waals surface area contributed by atoms with Gasteiger partial charge in [-0.2, -0.15) is 0 Å². The molecule has 2 aromatic rings. The Kier molecular flexibility index (Phi) is 7.77. The van der Waals surface area contributed by atoms with Gasteiger partial charge in [0.05, 0.1) is 17.3 Å². The van der Waals surface area contributed by atoms with Crippen LogP contribution >= 0.6 is 0 Å². The van der Waals surface area contributed by atoms with Gasteiger partial charge in [-0.1, -0.05) is 30.3 Å². The highest BCUT2D eigenvalue weighted by Crippen LogP contribution is 2.53. The molecule has 0 bridgehead atoms. The zero-order chi connectivity index (χ0) is 32.2. The van der Waals surface area contributed by atoms with Crippen LogP contribution in [0.2, 0.25) is 0 Å². The summed E-state index contributed by atoms with van der Waals surface area (Å²) in [7, 11) is 6.71. The summed E-state index contributed by atoms with van der Waals surface area (Å²) in [6.45, 7) is 0.158. The van der Waals surface area contributed by atoms with Gasteiger partial charge in [-0.25, -0.2) is 0 Å². The number of carbonyl (C=O) groups excluding carboxylic acids is 4. The average Bonchev–Trinajstić information content (AvgIpc) is 2.96. The summed E-state index contributed by atoms with van der Waals surface area (Å²) in [5, 5.41) is 48.6. The predicted molar refractivity (Wildman–Crippen MR) is 162 cm³/mol. The maximum atomic E-state index is 14.1. The largest absolute Gasteiger partial charge is 0.510 e. The minimum atomic E-state index is -2.71. The fourth-order valence-electron chi connectivity index (χ4n) is 6.91. The van der Waals surface area contributed by atoms with Crippen molar-refractivity contribution in [2.45, 2.75) is 30.9 Å². The van der Waals surface area contributed by atoms with Crippen LogP contribution in [0, 0.1) is 11.8 Å². The average molecular weight is 605 g/mol. The number of rotatable bonds is 8. The number of ketones is 3. The number of phenolic OH excluding ortho intramolecular Hbond substituents is 1. The highest BCUT2D eigenvalue weighted by molar-refractivity contribution is 6.25. The third-order valence-corrected chi connectivity index (χ3v) is 8.94. The number of benzene rings is 2. The van der Waals surface area contributed by atoms with E-state index in [9.17, 15) is 39.6 Å². The number of likely N-dealkylation sites (N-methyl/N-ethyl adjacent to an activating group) is 1. The predicted octanol–water partition coefficient (Wildman–Crippen LogP) is 1.87. The number of aromatic hydroxyl groups is 1. The zero-order valence-corrected chi connectivity index (χ0v) is 24.9. The number of fused-ring (bicyclic) bond motifs is 3. The number of carbonyl (C=O) groups is 4. The molecule has 3 aliphatic rings. The van der Waals surface area contributed by atoms with Crippen LogP contribution < -0.4 is 16.0 Å². The standard InChI is InChI=1S/C32H36N4O8/c1-35(2)20-14-19(34-11-10-21(37)15-8-6-5-7-9-15)26(38)23-17(20)12-16-13-18-25(36(3)4)28(40)24(31(33)43)30(42)32(18,44)29(41)22(16)27(23)39/h5-9,14,16,18,25,34,38,40-41,44H,10-13H2,1-4H3,(H2,33,43)/t16-,18+,25+,32+/m0/s1. The molecule has 0 heterocycles. The summed E-state index contributed by atoms with van der Waals surface area (Å²) >= 11 is 0. The van der Waals surface area contributed by atoms with Crippen LogP contribution in [0.4, 0.5) is 11.4 Å². The summed E-state index contributed by atoms with van der Waals surface area (Å²) in [5.74, 6) is -7.17. The maximum Gasteiger partial charge on any atom is 0.255 e. The van der Waals surface area contributed by atoms with Crippen LogP contribution in [0.1, 0.15) is 39.1 Å². The van der Waals surface area contributed by atoms with Gasteiger partial charge in [-0.05, 0) is 44.5 Å². The molecule has 0 fully saturated rings. The van der Waals surface area contributed by atoms with Gasteiger partial charge in [0, 0.05) is 49.8 Å². The Bertz CT molecular complexity index is 1640. The molecule has 0 radical (unpaired) electrons. The second kappa shape index (κ2) is 11.1. The first-order valence-corrected chi connectivity index (χ1v) is 14.2. The molecule has 12 nitrogen and oxygen atoms in total. The third-order valence-electron chi connectivity index (χ3n) is 8.94. The van der Waals surface area contributed by atoms with E-state index in [2.05, 4.69) is 5.32 Å². The van der Waals surface area contributed by atoms with Crippen molar-refractivity contribution in [2.75, 3.05) is 45.0 Å². The van der Waals surface area contributed by atoms with Crippen molar-refractivity contribution in [3.8, 4) is 5.75 Å². The van der Waals surface area contributed by atoms with Crippen LogP contribution in [0.25, 0.3) is 0 Å². The molecule has 0 saturated heterocycles. The topological polar surface area (TPSA) is 194 Å². The lowest BCUT2D eigenvalue weighted by molar-refractivity contribution is -0.148. The normalized spacial score (nSPS) is 24.5. The van der Waals surface area contributed by atoms with Gasteiger partial charge in [0.15, 0.2) is 17.2 Å². The Hall–Kier alpha value is -4.68. The van der Waals surface area contributed by atoms with E-state index >= 15 is 0 Å². The van der Waals surface area contributed by atoms with Gasteiger partial charge < -0.3 is 36.4 Å². The van der Waals surface area contributed by atoms with E-state index in [1.807, 2.05) is 6.07 Å². The molecule has 0 aromatic heterocycles. The molecule has 1 amide bonds. The second-order valence-electron chi connectivity index (χ2n) is 12.0. The van der Waals surface area contributed by atoms with Crippen molar-refractivity contribution in [1.29, 1.82) is 0 Å². The minimum Gasteiger partial charge on any atom is -0.510 e. The molecule has 0 unspecified atom stereocenters. The van der Waals surface area contributed by atoms with Crippen molar-refractivity contribution in [3.05, 3.63) is 75.8 Å². The van der Waals surface area contributed by atoms with E-state index in [1.54, 1.807) is 63.4 Å². The van der Waals surface area contributed by atoms with Gasteiger partial charge in [0.2, 0.25) is 5.78 Å². The Morgan fingerprint density at radius 1 is 1.07 bits per heavy atom. The first kappa shape index (κ1) is 30.8. The van der Waals surface area contributed by atoms with Gasteiger partial charge in [-0.15, -0.1) is 0 Å². The molecule has 232 valence electrons. The van der Waals surface area contributed by atoms with Crippen LogP contribution in [0.5, 0.6) is 5.75 Å². The lowest BCUT2D eigenvalue weighted by atomic mass is 9.58. The van der Waals surface area contributed by atoms with Crippen molar-refractivity contribution < 1.29 is 39.6 Å². The van der Waals surface area contributed by atoms with E-state index < -0.39 is 63.8 Å². The molecule has 0 aliphatic heterocycles. The third kappa shape index (κ3) is 4.61. The quantitative estimate of drug-likeness (QED) is 0.146. The van der Waals surface area contributed by atoms with Crippen LogP contribution in [-0.4, -0.2) is 95.0 Å². The van der Waals surface area contributed by atoms with E-state index in [1.165, 1.54) is 4.90 Å². The Balaban J connectivity index is 1.57. The Morgan fingerprint density at radius 3 is 2.32 bits per heavy atom. The van der Waals surface area contributed by atoms with Crippen LogP contribution in [0.15, 0.2) is 59.1 Å². The highest BCUT2D eigenvalue weighted by Gasteiger charge is 2.63. The molecular weight excluding hydrogens is 568 g/mol. The number of nitrogens with one attached hydrogen (secondary N) is 1. The van der Waals surface area contributed by atoms with Crippen LogP contribution in [-0.2, 0) is 16.0 Å². The summed E-state index contributed by atoms with van der Waals surface area (Å²) in [5.41, 5.74) is 3.36. The number of amides is 1. The van der Waals surface area contributed by atoms with Crippen molar-refractivity contribution in [2.24, 2.45) is 17.6 Å². The van der Waals surface area contributed by atoms with E-state index in [0.29, 0.717) is 16.8 Å². The second-order valence-corrected chi connectivity index (χ2v) is 12.0. The van der Waals surface area contributed by atoms with Crippen molar-refractivity contribution >= 4 is 34.6 Å². The smallest absolute Gasteiger partial charge is 0.255 e. The Labute approximate surface area is 254 Å². The summed E-state index contributed by atoms with van der Waals surface area (Å²) < 4.78 is 0. The maximum absolute atomic E-state index is 14.1. The van der Waals surface area contributed by atoms with Gasteiger partial charge >= 0.3 is 0 Å². The molecule has 0 spiro atoms. The molecule has 0 saturated carbocycles. The summed E-state index contributed by atoms with van der Waals surface area (Å²) in [6, 6.07) is 9.38. The monoisotopic (exact) mass is 604 g/mol. The number of anilines is 2. The number of phenols is 1. The number of nitrogens with two attached hydrogens (primary N) is 1. The van der Waals surface area contributed by atoms with Crippen LogP contribution in [0.3, 0.4) is 0 Å². The van der Waals surface area contributed by atoms with Crippen molar-refractivity contribution in [3.63, 3.8) is 0 Å².